The summed E-state index contributed by atoms with van der Waals surface area (Å²) in [6.07, 6.45) is 1.37. The minimum atomic E-state index is -0.460. The number of benzene rings is 2. The Hall–Kier alpha value is -3.35. The van der Waals surface area contributed by atoms with Crippen LogP contribution in [0, 0.1) is 0 Å². The van der Waals surface area contributed by atoms with E-state index in [9.17, 15) is 14.4 Å². The number of rotatable bonds is 8. The Morgan fingerprint density at radius 1 is 1.10 bits per heavy atom. The van der Waals surface area contributed by atoms with Crippen molar-refractivity contribution in [2.24, 2.45) is 0 Å². The van der Waals surface area contributed by atoms with E-state index in [0.29, 0.717) is 35.8 Å². The quantitative estimate of drug-likeness (QED) is 0.660. The third-order valence-electron chi connectivity index (χ3n) is 5.00. The number of carbonyl (C=O) groups excluding carboxylic acids is 3. The Morgan fingerprint density at radius 2 is 1.87 bits per heavy atom. The summed E-state index contributed by atoms with van der Waals surface area (Å²) < 4.78 is 11.0. The average molecular weight is 410 g/mol. The average Bonchev–Trinajstić information content (AvgIpc) is 2.97. The molecule has 1 N–H and O–H groups in total. The van der Waals surface area contributed by atoms with Crippen molar-refractivity contribution in [3.63, 3.8) is 0 Å². The van der Waals surface area contributed by atoms with Crippen molar-refractivity contribution in [2.45, 2.75) is 39.7 Å². The van der Waals surface area contributed by atoms with Gasteiger partial charge in [-0.1, -0.05) is 25.5 Å². The lowest BCUT2D eigenvalue weighted by Gasteiger charge is -2.27. The van der Waals surface area contributed by atoms with E-state index in [-0.39, 0.29) is 17.4 Å². The maximum absolute atomic E-state index is 13.3. The van der Waals surface area contributed by atoms with E-state index in [1.54, 1.807) is 31.4 Å². The molecule has 1 aliphatic heterocycles. The van der Waals surface area contributed by atoms with Crippen molar-refractivity contribution < 1.29 is 23.9 Å². The highest BCUT2D eigenvalue weighted by Crippen LogP contribution is 2.39. The summed E-state index contributed by atoms with van der Waals surface area (Å²) in [6.45, 7) is 5.71. The molecule has 7 nitrogen and oxygen atoms in total. The van der Waals surface area contributed by atoms with Gasteiger partial charge in [-0.2, -0.15) is 0 Å². The standard InChI is InChI=1S/C23H26N2O5/c1-5-8-18(15-11-12-19(29-4)20(13-15)30-6-2)25-22(27)16-9-7-10-17(24-14(3)26)21(16)23(25)28/h7,9-13,18H,5-6,8H2,1-4H3,(H,24,26). The third-order valence-corrected chi connectivity index (χ3v) is 5.00. The van der Waals surface area contributed by atoms with Crippen LogP contribution >= 0.6 is 0 Å². The van der Waals surface area contributed by atoms with Crippen LogP contribution in [0.3, 0.4) is 0 Å². The van der Waals surface area contributed by atoms with Crippen LogP contribution in [-0.2, 0) is 4.79 Å². The van der Waals surface area contributed by atoms with Gasteiger partial charge in [0, 0.05) is 6.92 Å². The van der Waals surface area contributed by atoms with Crippen LogP contribution in [0.5, 0.6) is 11.5 Å². The molecular weight excluding hydrogens is 384 g/mol. The SMILES string of the molecule is CCCC(c1ccc(OC)c(OCC)c1)N1C(=O)c2cccc(NC(C)=O)c2C1=O. The second-order valence-electron chi connectivity index (χ2n) is 7.04. The van der Waals surface area contributed by atoms with Crippen LogP contribution in [0.2, 0.25) is 0 Å². The summed E-state index contributed by atoms with van der Waals surface area (Å²) in [5.41, 5.74) is 1.67. The number of carbonyl (C=O) groups is 3. The highest BCUT2D eigenvalue weighted by Gasteiger charge is 2.42. The number of hydrogen-bond donors (Lipinski definition) is 1. The first-order chi connectivity index (χ1) is 14.4. The summed E-state index contributed by atoms with van der Waals surface area (Å²) in [5.74, 6) is 0.0741. The fourth-order valence-electron chi connectivity index (χ4n) is 3.77. The summed E-state index contributed by atoms with van der Waals surface area (Å²) >= 11 is 0. The minimum Gasteiger partial charge on any atom is -0.493 e. The van der Waals surface area contributed by atoms with E-state index in [0.717, 1.165) is 12.0 Å². The number of nitrogens with zero attached hydrogens (tertiary/aromatic N) is 1. The van der Waals surface area contributed by atoms with E-state index in [2.05, 4.69) is 5.32 Å². The molecule has 0 saturated heterocycles. The van der Waals surface area contributed by atoms with Gasteiger partial charge in [-0.15, -0.1) is 0 Å². The monoisotopic (exact) mass is 410 g/mol. The Balaban J connectivity index is 2.05. The molecule has 30 heavy (non-hydrogen) atoms. The van der Waals surface area contributed by atoms with Crippen LogP contribution in [0.1, 0.15) is 65.9 Å². The number of hydrogen-bond acceptors (Lipinski definition) is 5. The lowest BCUT2D eigenvalue weighted by molar-refractivity contribution is -0.114. The van der Waals surface area contributed by atoms with Gasteiger partial charge in [0.15, 0.2) is 11.5 Å². The Labute approximate surface area is 176 Å². The lowest BCUT2D eigenvalue weighted by Crippen LogP contribution is -2.34. The van der Waals surface area contributed by atoms with Crippen molar-refractivity contribution in [3.05, 3.63) is 53.1 Å². The zero-order valence-electron chi connectivity index (χ0n) is 17.7. The lowest BCUT2D eigenvalue weighted by atomic mass is 10.00. The second-order valence-corrected chi connectivity index (χ2v) is 7.04. The topological polar surface area (TPSA) is 84.9 Å². The van der Waals surface area contributed by atoms with Crippen molar-refractivity contribution in [1.82, 2.24) is 4.90 Å². The predicted molar refractivity (Wildman–Crippen MR) is 113 cm³/mol. The molecule has 1 atom stereocenters. The van der Waals surface area contributed by atoms with Gasteiger partial charge in [0.05, 0.1) is 36.6 Å². The van der Waals surface area contributed by atoms with Gasteiger partial charge in [0.1, 0.15) is 0 Å². The van der Waals surface area contributed by atoms with Crippen LogP contribution in [0.15, 0.2) is 36.4 Å². The molecule has 0 radical (unpaired) electrons. The maximum atomic E-state index is 13.3. The zero-order valence-corrected chi connectivity index (χ0v) is 17.7. The third kappa shape index (κ3) is 3.87. The molecule has 3 amide bonds. The highest BCUT2D eigenvalue weighted by atomic mass is 16.5. The van der Waals surface area contributed by atoms with Gasteiger partial charge in [-0.3, -0.25) is 19.3 Å². The molecule has 0 bridgehead atoms. The van der Waals surface area contributed by atoms with E-state index in [1.807, 2.05) is 26.0 Å². The Morgan fingerprint density at radius 3 is 2.50 bits per heavy atom. The van der Waals surface area contributed by atoms with Gasteiger partial charge in [0.2, 0.25) is 5.91 Å². The molecule has 1 unspecified atom stereocenters. The number of amides is 3. The molecule has 158 valence electrons. The number of anilines is 1. The van der Waals surface area contributed by atoms with Gasteiger partial charge in [-0.05, 0) is 43.2 Å². The molecule has 0 saturated carbocycles. The second kappa shape index (κ2) is 8.98. The fraction of sp³-hybridized carbons (Fsp3) is 0.348. The van der Waals surface area contributed by atoms with Gasteiger partial charge in [0.25, 0.3) is 11.8 Å². The predicted octanol–water partition coefficient (Wildman–Crippen LogP) is 4.19. The summed E-state index contributed by atoms with van der Waals surface area (Å²) in [6, 6.07) is 9.89. The van der Waals surface area contributed by atoms with Crippen LogP contribution in [0.25, 0.3) is 0 Å². The van der Waals surface area contributed by atoms with E-state index in [4.69, 9.17) is 9.47 Å². The molecule has 0 fully saturated rings. The molecule has 1 heterocycles. The van der Waals surface area contributed by atoms with E-state index in [1.165, 1.54) is 11.8 Å². The number of methoxy groups -OCH3 is 1. The molecular formula is C23H26N2O5. The highest BCUT2D eigenvalue weighted by molar-refractivity contribution is 6.24. The molecule has 1 aliphatic rings. The minimum absolute atomic E-state index is 0.234. The van der Waals surface area contributed by atoms with Crippen LogP contribution in [-0.4, -0.2) is 36.3 Å². The first-order valence-corrected chi connectivity index (χ1v) is 10.0. The number of imide groups is 1. The van der Waals surface area contributed by atoms with Crippen molar-refractivity contribution >= 4 is 23.4 Å². The van der Waals surface area contributed by atoms with E-state index < -0.39 is 11.9 Å². The molecule has 0 aromatic heterocycles. The number of ether oxygens (including phenoxy) is 2. The first-order valence-electron chi connectivity index (χ1n) is 10.0. The van der Waals surface area contributed by atoms with Gasteiger partial charge in [-0.25, -0.2) is 0 Å². The normalized spacial score (nSPS) is 13.8. The van der Waals surface area contributed by atoms with Gasteiger partial charge >= 0.3 is 0 Å². The molecule has 7 heteroatoms. The van der Waals surface area contributed by atoms with Crippen molar-refractivity contribution in [1.29, 1.82) is 0 Å². The van der Waals surface area contributed by atoms with Crippen molar-refractivity contribution in [2.75, 3.05) is 19.0 Å². The maximum Gasteiger partial charge on any atom is 0.264 e. The van der Waals surface area contributed by atoms with Crippen LogP contribution < -0.4 is 14.8 Å². The number of fused-ring (bicyclic) bond motifs is 1. The smallest absolute Gasteiger partial charge is 0.264 e. The molecule has 0 aliphatic carbocycles. The first kappa shape index (κ1) is 21.4. The fourth-order valence-corrected chi connectivity index (χ4v) is 3.77. The zero-order chi connectivity index (χ0) is 21.8. The summed E-state index contributed by atoms with van der Waals surface area (Å²) in [7, 11) is 1.56. The van der Waals surface area contributed by atoms with Crippen LogP contribution in [0.4, 0.5) is 5.69 Å². The van der Waals surface area contributed by atoms with Crippen molar-refractivity contribution in [3.8, 4) is 11.5 Å². The molecule has 2 aromatic rings. The number of nitrogens with one attached hydrogen (secondary N) is 1. The Kier molecular flexibility index (Phi) is 6.40. The largest absolute Gasteiger partial charge is 0.493 e. The molecule has 3 rings (SSSR count). The Bertz CT molecular complexity index is 986. The summed E-state index contributed by atoms with van der Waals surface area (Å²) in [4.78, 5) is 39.4. The summed E-state index contributed by atoms with van der Waals surface area (Å²) in [5, 5.41) is 2.65. The van der Waals surface area contributed by atoms with Gasteiger partial charge < -0.3 is 14.8 Å². The molecule has 2 aromatic carbocycles. The van der Waals surface area contributed by atoms with E-state index >= 15 is 0 Å². The molecule has 0 spiro atoms.